The van der Waals surface area contributed by atoms with Crippen LogP contribution in [0.1, 0.15) is 24.7 Å². The highest BCUT2D eigenvalue weighted by atomic mass is 35.5. The Morgan fingerprint density at radius 1 is 1.29 bits per heavy atom. The second-order valence-electron chi connectivity index (χ2n) is 4.13. The lowest BCUT2D eigenvalue weighted by atomic mass is 10.3. The molecule has 0 saturated heterocycles. The predicted molar refractivity (Wildman–Crippen MR) is 64.1 cm³/mol. The molecule has 1 fully saturated rings. The highest BCUT2D eigenvalue weighted by molar-refractivity contribution is 6.30. The van der Waals surface area contributed by atoms with Crippen LogP contribution in [0.15, 0.2) is 30.6 Å². The lowest BCUT2D eigenvalue weighted by molar-refractivity contribution is 0.289. The van der Waals surface area contributed by atoms with Gasteiger partial charge in [0, 0.05) is 11.1 Å². The van der Waals surface area contributed by atoms with Gasteiger partial charge in [-0.3, -0.25) is 0 Å². The molecule has 1 aliphatic rings. The molecule has 0 unspecified atom stereocenters. The molecule has 0 N–H and O–H groups in total. The molecule has 0 spiro atoms. The molecule has 0 amide bonds. The van der Waals surface area contributed by atoms with Crippen LogP contribution < -0.4 is 4.74 Å². The van der Waals surface area contributed by atoms with Gasteiger partial charge < -0.3 is 9.30 Å². The first-order valence-electron chi connectivity index (χ1n) is 5.60. The number of rotatable bonds is 4. The number of benzene rings is 1. The molecule has 4 nitrogen and oxygen atoms in total. The fraction of sp³-hybridized carbons (Fsp3) is 0.333. The van der Waals surface area contributed by atoms with Gasteiger partial charge in [-0.1, -0.05) is 11.6 Å². The summed E-state index contributed by atoms with van der Waals surface area (Å²) in [4.78, 5) is 0. The third-order valence-electron chi connectivity index (χ3n) is 2.77. The monoisotopic (exact) mass is 249 g/mol. The van der Waals surface area contributed by atoms with E-state index in [0.29, 0.717) is 17.7 Å². The van der Waals surface area contributed by atoms with E-state index in [2.05, 4.69) is 14.8 Å². The largest absolute Gasteiger partial charge is 0.486 e. The number of halogens is 1. The van der Waals surface area contributed by atoms with E-state index >= 15 is 0 Å². The van der Waals surface area contributed by atoms with E-state index < -0.39 is 0 Å². The molecule has 2 aromatic rings. The maximum absolute atomic E-state index is 5.80. The van der Waals surface area contributed by atoms with Gasteiger partial charge in [-0.2, -0.15) is 0 Å². The summed E-state index contributed by atoms with van der Waals surface area (Å²) in [5.74, 6) is 1.67. The predicted octanol–water partition coefficient (Wildman–Crippen LogP) is 2.85. The van der Waals surface area contributed by atoms with Gasteiger partial charge in [-0.15, -0.1) is 10.2 Å². The number of aromatic nitrogens is 3. The standard InChI is InChI=1S/C12H12ClN3O/c13-9-1-5-11(6-2-9)17-7-12-15-14-8-16(12)10-3-4-10/h1-2,5-6,8,10H,3-4,7H2. The van der Waals surface area contributed by atoms with Gasteiger partial charge in [0.05, 0.1) is 0 Å². The Bertz CT molecular complexity index is 505. The zero-order valence-corrected chi connectivity index (χ0v) is 9.97. The summed E-state index contributed by atoms with van der Waals surface area (Å²) in [7, 11) is 0. The summed E-state index contributed by atoms with van der Waals surface area (Å²) in [5, 5.41) is 8.70. The first kappa shape index (κ1) is 10.6. The van der Waals surface area contributed by atoms with Crippen molar-refractivity contribution in [1.82, 2.24) is 14.8 Å². The summed E-state index contributed by atoms with van der Waals surface area (Å²) >= 11 is 5.80. The molecular weight excluding hydrogens is 238 g/mol. The molecule has 5 heteroatoms. The number of hydrogen-bond donors (Lipinski definition) is 0. The Kier molecular flexibility index (Phi) is 2.73. The third-order valence-corrected chi connectivity index (χ3v) is 3.02. The molecule has 1 aromatic carbocycles. The van der Waals surface area contributed by atoms with Crippen LogP contribution in [0.25, 0.3) is 0 Å². The van der Waals surface area contributed by atoms with Crippen LogP contribution in [0, 0.1) is 0 Å². The topological polar surface area (TPSA) is 39.9 Å². The van der Waals surface area contributed by atoms with Crippen LogP contribution >= 0.6 is 11.6 Å². The first-order chi connectivity index (χ1) is 8.33. The average molecular weight is 250 g/mol. The zero-order chi connectivity index (χ0) is 11.7. The van der Waals surface area contributed by atoms with Gasteiger partial charge >= 0.3 is 0 Å². The Labute approximate surface area is 104 Å². The molecule has 3 rings (SSSR count). The molecular formula is C12H12ClN3O. The minimum Gasteiger partial charge on any atom is -0.486 e. The van der Waals surface area contributed by atoms with Gasteiger partial charge in [-0.25, -0.2) is 0 Å². The summed E-state index contributed by atoms with van der Waals surface area (Å²) < 4.78 is 7.74. The lowest BCUT2D eigenvalue weighted by Gasteiger charge is -2.07. The molecule has 1 heterocycles. The molecule has 0 bridgehead atoms. The molecule has 88 valence electrons. The highest BCUT2D eigenvalue weighted by Crippen LogP contribution is 2.35. The van der Waals surface area contributed by atoms with Gasteiger partial charge in [-0.05, 0) is 37.1 Å². The van der Waals surface area contributed by atoms with Crippen LogP contribution in [0.4, 0.5) is 0 Å². The normalized spacial score (nSPS) is 14.9. The zero-order valence-electron chi connectivity index (χ0n) is 9.21. The summed E-state index contributed by atoms with van der Waals surface area (Å²) in [6.45, 7) is 0.443. The number of nitrogens with zero attached hydrogens (tertiary/aromatic N) is 3. The fourth-order valence-corrected chi connectivity index (χ4v) is 1.83. The minimum atomic E-state index is 0.443. The second-order valence-corrected chi connectivity index (χ2v) is 4.56. The molecule has 0 atom stereocenters. The quantitative estimate of drug-likeness (QED) is 0.837. The molecule has 1 aliphatic carbocycles. The lowest BCUT2D eigenvalue weighted by Crippen LogP contribution is -2.05. The third kappa shape index (κ3) is 2.42. The van der Waals surface area contributed by atoms with Gasteiger partial charge in [0.15, 0.2) is 5.82 Å². The van der Waals surface area contributed by atoms with Crippen molar-refractivity contribution < 1.29 is 4.74 Å². The first-order valence-corrected chi connectivity index (χ1v) is 5.97. The van der Waals surface area contributed by atoms with E-state index in [1.807, 2.05) is 24.3 Å². The van der Waals surface area contributed by atoms with Crippen molar-refractivity contribution in [3.63, 3.8) is 0 Å². The average Bonchev–Trinajstić information content (AvgIpc) is 3.08. The van der Waals surface area contributed by atoms with Crippen molar-refractivity contribution in [2.45, 2.75) is 25.5 Å². The van der Waals surface area contributed by atoms with Crippen molar-refractivity contribution in [2.24, 2.45) is 0 Å². The second kappa shape index (κ2) is 4.37. The van der Waals surface area contributed by atoms with Crippen molar-refractivity contribution in [3.8, 4) is 5.75 Å². The maximum atomic E-state index is 5.80. The van der Waals surface area contributed by atoms with Crippen LogP contribution in [-0.2, 0) is 6.61 Å². The van der Waals surface area contributed by atoms with E-state index in [0.717, 1.165) is 11.6 Å². The Balaban J connectivity index is 1.67. The van der Waals surface area contributed by atoms with Crippen molar-refractivity contribution in [1.29, 1.82) is 0 Å². The van der Waals surface area contributed by atoms with Crippen molar-refractivity contribution >= 4 is 11.6 Å². The fourth-order valence-electron chi connectivity index (χ4n) is 1.71. The number of hydrogen-bond acceptors (Lipinski definition) is 3. The summed E-state index contributed by atoms with van der Waals surface area (Å²) in [5.41, 5.74) is 0. The van der Waals surface area contributed by atoms with E-state index in [1.54, 1.807) is 6.33 Å². The molecule has 1 saturated carbocycles. The van der Waals surface area contributed by atoms with Crippen LogP contribution in [0.5, 0.6) is 5.75 Å². The van der Waals surface area contributed by atoms with Gasteiger partial charge in [0.2, 0.25) is 0 Å². The van der Waals surface area contributed by atoms with E-state index in [4.69, 9.17) is 16.3 Å². The molecule has 1 aromatic heterocycles. The van der Waals surface area contributed by atoms with E-state index in [1.165, 1.54) is 12.8 Å². The van der Waals surface area contributed by atoms with Gasteiger partial charge in [0.25, 0.3) is 0 Å². The van der Waals surface area contributed by atoms with Crippen molar-refractivity contribution in [3.05, 3.63) is 41.4 Å². The SMILES string of the molecule is Clc1ccc(OCc2nncn2C2CC2)cc1. The van der Waals surface area contributed by atoms with Crippen molar-refractivity contribution in [2.75, 3.05) is 0 Å². The van der Waals surface area contributed by atoms with Gasteiger partial charge in [0.1, 0.15) is 18.7 Å². The van der Waals surface area contributed by atoms with E-state index in [-0.39, 0.29) is 0 Å². The molecule has 17 heavy (non-hydrogen) atoms. The summed E-state index contributed by atoms with van der Waals surface area (Å²) in [6, 6.07) is 7.89. The Hall–Kier alpha value is -1.55. The molecule has 0 radical (unpaired) electrons. The summed E-state index contributed by atoms with van der Waals surface area (Å²) in [6.07, 6.45) is 4.20. The highest BCUT2D eigenvalue weighted by Gasteiger charge is 2.26. The van der Waals surface area contributed by atoms with E-state index in [9.17, 15) is 0 Å². The molecule has 0 aliphatic heterocycles. The Morgan fingerprint density at radius 2 is 2.06 bits per heavy atom. The Morgan fingerprint density at radius 3 is 2.76 bits per heavy atom. The van der Waals surface area contributed by atoms with Crippen LogP contribution in [0.2, 0.25) is 5.02 Å². The number of ether oxygens (including phenoxy) is 1. The smallest absolute Gasteiger partial charge is 0.171 e. The van der Waals surface area contributed by atoms with Crippen LogP contribution in [-0.4, -0.2) is 14.8 Å². The maximum Gasteiger partial charge on any atom is 0.171 e. The minimum absolute atomic E-state index is 0.443. The van der Waals surface area contributed by atoms with Crippen LogP contribution in [0.3, 0.4) is 0 Å².